The van der Waals surface area contributed by atoms with Crippen LogP contribution in [0.5, 0.6) is 17.2 Å². The van der Waals surface area contributed by atoms with Crippen LogP contribution in [-0.2, 0) is 6.54 Å². The van der Waals surface area contributed by atoms with Gasteiger partial charge in [-0.2, -0.15) is 0 Å². The Bertz CT molecular complexity index is 1200. The van der Waals surface area contributed by atoms with Crippen LogP contribution in [0.4, 0.5) is 17.3 Å². The molecule has 0 radical (unpaired) electrons. The molecule has 1 aliphatic heterocycles. The van der Waals surface area contributed by atoms with E-state index in [9.17, 15) is 14.9 Å². The van der Waals surface area contributed by atoms with Gasteiger partial charge >= 0.3 is 5.69 Å². The van der Waals surface area contributed by atoms with Crippen molar-refractivity contribution in [2.45, 2.75) is 6.54 Å². The Hall–Kier alpha value is -4.55. The molecule has 1 aliphatic rings. The average molecular weight is 498 g/mol. The van der Waals surface area contributed by atoms with Crippen LogP contribution >= 0.6 is 0 Å². The summed E-state index contributed by atoms with van der Waals surface area (Å²) in [7, 11) is 4.53. The zero-order valence-electron chi connectivity index (χ0n) is 20.1. The Morgan fingerprint density at radius 2 is 1.81 bits per heavy atom. The van der Waals surface area contributed by atoms with E-state index in [1.165, 1.54) is 33.9 Å². The lowest BCUT2D eigenvalue weighted by atomic mass is 10.1. The number of benzene rings is 1. The topological polar surface area (TPSA) is 145 Å². The van der Waals surface area contributed by atoms with Crippen molar-refractivity contribution in [3.05, 3.63) is 58.3 Å². The van der Waals surface area contributed by atoms with Gasteiger partial charge in [-0.05, 0) is 29.8 Å². The monoisotopic (exact) mass is 498 g/mol. The molecule has 3 heterocycles. The van der Waals surface area contributed by atoms with Crippen LogP contribution in [0.15, 0.2) is 41.3 Å². The molecule has 1 amide bonds. The first-order valence-electron chi connectivity index (χ1n) is 11.1. The molecule has 36 heavy (non-hydrogen) atoms. The maximum Gasteiger partial charge on any atom is 0.353 e. The zero-order chi connectivity index (χ0) is 25.7. The van der Waals surface area contributed by atoms with Gasteiger partial charge in [0, 0.05) is 32.7 Å². The Labute approximate surface area is 206 Å². The lowest BCUT2D eigenvalue weighted by Crippen LogP contribution is -2.49. The van der Waals surface area contributed by atoms with Gasteiger partial charge in [0.05, 0.1) is 32.5 Å². The van der Waals surface area contributed by atoms with Gasteiger partial charge in [0.15, 0.2) is 17.3 Å². The van der Waals surface area contributed by atoms with Crippen LogP contribution in [0.3, 0.4) is 0 Å². The smallest absolute Gasteiger partial charge is 0.353 e. The molecule has 0 bridgehead atoms. The maximum absolute atomic E-state index is 12.5. The highest BCUT2D eigenvalue weighted by Gasteiger charge is 2.31. The molecule has 0 saturated carbocycles. The fourth-order valence-electron chi connectivity index (χ4n) is 4.00. The molecule has 190 valence electrons. The van der Waals surface area contributed by atoms with Crippen molar-refractivity contribution < 1.29 is 28.3 Å². The number of carbonyl (C=O) groups is 1. The van der Waals surface area contributed by atoms with Crippen molar-refractivity contribution in [3.63, 3.8) is 0 Å². The third kappa shape index (κ3) is 4.94. The molecule has 0 atom stereocenters. The first kappa shape index (κ1) is 24.6. The summed E-state index contributed by atoms with van der Waals surface area (Å²) in [4.78, 5) is 35.8. The average Bonchev–Trinajstić information content (AvgIpc) is 3.45. The number of hydrogen-bond donors (Lipinski definition) is 1. The second-order valence-corrected chi connectivity index (χ2v) is 7.80. The van der Waals surface area contributed by atoms with E-state index < -0.39 is 4.92 Å². The summed E-state index contributed by atoms with van der Waals surface area (Å²) in [5.41, 5.74) is 0.500. The molecule has 13 nitrogen and oxygen atoms in total. The summed E-state index contributed by atoms with van der Waals surface area (Å²) >= 11 is 0. The number of piperazine rings is 1. The number of nitrogens with zero attached hydrogens (tertiary/aromatic N) is 5. The summed E-state index contributed by atoms with van der Waals surface area (Å²) in [6.45, 7) is 1.69. The molecule has 0 spiro atoms. The number of nitrogens with one attached hydrogen (secondary N) is 1. The molecule has 13 heteroatoms. The quantitative estimate of drug-likeness (QED) is 0.343. The number of aromatic nitrogens is 2. The maximum atomic E-state index is 12.5. The van der Waals surface area contributed by atoms with E-state index >= 15 is 0 Å². The van der Waals surface area contributed by atoms with Crippen molar-refractivity contribution in [3.8, 4) is 17.2 Å². The number of amides is 1. The second kappa shape index (κ2) is 10.8. The molecule has 1 fully saturated rings. The normalized spacial score (nSPS) is 13.3. The molecule has 0 unspecified atom stereocenters. The van der Waals surface area contributed by atoms with Gasteiger partial charge < -0.3 is 33.7 Å². The SMILES string of the molecule is COc1cc(CNc2ncnc(N3CCN(C(=O)c4ccco4)CC3)c2[N+](=O)[O-])cc(OC)c1OC. The van der Waals surface area contributed by atoms with Crippen LogP contribution in [0.25, 0.3) is 0 Å². The number of rotatable bonds is 9. The highest BCUT2D eigenvalue weighted by molar-refractivity contribution is 5.91. The second-order valence-electron chi connectivity index (χ2n) is 7.80. The van der Waals surface area contributed by atoms with Crippen molar-refractivity contribution in [1.82, 2.24) is 14.9 Å². The molecular formula is C23H26N6O7. The molecule has 3 aromatic rings. The number of ether oxygens (including phenoxy) is 3. The number of carbonyl (C=O) groups excluding carboxylic acids is 1. The summed E-state index contributed by atoms with van der Waals surface area (Å²) < 4.78 is 21.3. The highest BCUT2D eigenvalue weighted by Crippen LogP contribution is 2.39. The van der Waals surface area contributed by atoms with Gasteiger partial charge in [0.2, 0.25) is 17.4 Å². The first-order chi connectivity index (χ1) is 17.5. The number of nitro groups is 1. The van der Waals surface area contributed by atoms with Crippen molar-refractivity contribution >= 4 is 23.2 Å². The van der Waals surface area contributed by atoms with E-state index in [0.717, 1.165) is 5.56 Å². The minimum Gasteiger partial charge on any atom is -0.493 e. The first-order valence-corrected chi connectivity index (χ1v) is 11.1. The fraction of sp³-hybridized carbons (Fsp3) is 0.348. The fourth-order valence-corrected chi connectivity index (χ4v) is 4.00. The van der Waals surface area contributed by atoms with Gasteiger partial charge in [-0.3, -0.25) is 14.9 Å². The van der Waals surface area contributed by atoms with E-state index in [0.29, 0.717) is 43.4 Å². The lowest BCUT2D eigenvalue weighted by molar-refractivity contribution is -0.383. The van der Waals surface area contributed by atoms with Crippen molar-refractivity contribution in [2.24, 2.45) is 0 Å². The Morgan fingerprint density at radius 1 is 1.11 bits per heavy atom. The molecule has 1 saturated heterocycles. The van der Waals surface area contributed by atoms with Gasteiger partial charge in [-0.15, -0.1) is 0 Å². The summed E-state index contributed by atoms with van der Waals surface area (Å²) in [6, 6.07) is 6.76. The predicted molar refractivity (Wildman–Crippen MR) is 129 cm³/mol. The number of furan rings is 1. The van der Waals surface area contributed by atoms with Crippen molar-refractivity contribution in [1.29, 1.82) is 0 Å². The minimum atomic E-state index is -0.507. The van der Waals surface area contributed by atoms with E-state index in [4.69, 9.17) is 18.6 Å². The largest absolute Gasteiger partial charge is 0.493 e. The third-order valence-electron chi connectivity index (χ3n) is 5.77. The molecular weight excluding hydrogens is 472 g/mol. The number of hydrogen-bond acceptors (Lipinski definition) is 11. The minimum absolute atomic E-state index is 0.0767. The van der Waals surface area contributed by atoms with Gasteiger partial charge in [0.25, 0.3) is 5.91 Å². The van der Waals surface area contributed by atoms with E-state index in [2.05, 4.69) is 15.3 Å². The Kier molecular flexibility index (Phi) is 7.37. The third-order valence-corrected chi connectivity index (χ3v) is 5.77. The summed E-state index contributed by atoms with van der Waals surface area (Å²) in [5, 5.41) is 15.1. The van der Waals surface area contributed by atoms with Gasteiger partial charge in [-0.25, -0.2) is 9.97 Å². The lowest BCUT2D eigenvalue weighted by Gasteiger charge is -2.34. The van der Waals surface area contributed by atoms with E-state index in [1.807, 2.05) is 0 Å². The predicted octanol–water partition coefficient (Wildman–Crippen LogP) is 2.58. The van der Waals surface area contributed by atoms with Crippen LogP contribution in [0.1, 0.15) is 16.1 Å². The number of methoxy groups -OCH3 is 3. The molecule has 1 aromatic carbocycles. The zero-order valence-corrected chi connectivity index (χ0v) is 20.1. The standard InChI is InChI=1S/C23H26N6O7/c1-33-17-11-15(12-18(34-2)20(17)35-3)13-24-21-19(29(31)32)22(26-14-25-21)27-6-8-28(9-7-27)23(30)16-5-4-10-36-16/h4-5,10-12,14H,6-9,13H2,1-3H3,(H,24,25,26). The van der Waals surface area contributed by atoms with E-state index in [1.54, 1.807) is 34.1 Å². The van der Waals surface area contributed by atoms with Gasteiger partial charge in [-0.1, -0.05) is 0 Å². The Balaban J connectivity index is 1.51. The van der Waals surface area contributed by atoms with Gasteiger partial charge in [0.1, 0.15) is 6.33 Å². The Morgan fingerprint density at radius 3 is 2.36 bits per heavy atom. The number of anilines is 2. The summed E-state index contributed by atoms with van der Waals surface area (Å²) in [5.74, 6) is 1.69. The molecule has 2 aromatic heterocycles. The summed E-state index contributed by atoms with van der Waals surface area (Å²) in [6.07, 6.45) is 2.72. The highest BCUT2D eigenvalue weighted by atomic mass is 16.6. The van der Waals surface area contributed by atoms with Crippen LogP contribution < -0.4 is 24.4 Å². The van der Waals surface area contributed by atoms with Crippen LogP contribution in [0.2, 0.25) is 0 Å². The van der Waals surface area contributed by atoms with Crippen molar-refractivity contribution in [2.75, 3.05) is 57.7 Å². The molecule has 4 rings (SSSR count). The van der Waals surface area contributed by atoms with E-state index in [-0.39, 0.29) is 35.5 Å². The van der Waals surface area contributed by atoms with Crippen LogP contribution in [-0.4, -0.2) is 73.2 Å². The molecule has 1 N–H and O–H groups in total. The van der Waals surface area contributed by atoms with Crippen LogP contribution in [0, 0.1) is 10.1 Å². The molecule has 0 aliphatic carbocycles.